The van der Waals surface area contributed by atoms with Crippen molar-refractivity contribution >= 4 is 0 Å². The molecule has 0 aliphatic rings. The van der Waals surface area contributed by atoms with Crippen LogP contribution in [-0.2, 0) is 0 Å². The predicted molar refractivity (Wildman–Crippen MR) is 46.6 cm³/mol. The van der Waals surface area contributed by atoms with E-state index in [0.29, 0.717) is 0 Å². The van der Waals surface area contributed by atoms with Crippen molar-refractivity contribution in [3.05, 3.63) is 48.0 Å². The standard InChI is InChI=1S/C10H9F3O/c1-7(10(11,12)13)9(14)8-5-3-2-4-6-8/h2-6,9,14H,1H2/t9-/m1/s1. The first kappa shape index (κ1) is 10.8. The maximum Gasteiger partial charge on any atom is 0.414 e. The van der Waals surface area contributed by atoms with Gasteiger partial charge in [-0.3, -0.25) is 0 Å². The monoisotopic (exact) mass is 202 g/mol. The number of alkyl halides is 3. The third-order valence-electron chi connectivity index (χ3n) is 1.81. The summed E-state index contributed by atoms with van der Waals surface area (Å²) in [5.41, 5.74) is -0.960. The average molecular weight is 202 g/mol. The molecule has 1 rings (SSSR count). The van der Waals surface area contributed by atoms with Crippen molar-refractivity contribution in [2.75, 3.05) is 0 Å². The molecule has 0 saturated heterocycles. The van der Waals surface area contributed by atoms with E-state index in [2.05, 4.69) is 6.58 Å². The third kappa shape index (κ3) is 2.35. The predicted octanol–water partition coefficient (Wildman–Crippen LogP) is 2.84. The lowest BCUT2D eigenvalue weighted by Crippen LogP contribution is -2.17. The minimum atomic E-state index is -4.56. The van der Waals surface area contributed by atoms with Crippen molar-refractivity contribution in [1.82, 2.24) is 0 Å². The van der Waals surface area contributed by atoms with Crippen LogP contribution in [0, 0.1) is 0 Å². The second-order valence-corrected chi connectivity index (χ2v) is 2.84. The van der Waals surface area contributed by atoms with Crippen molar-refractivity contribution < 1.29 is 18.3 Å². The van der Waals surface area contributed by atoms with Gasteiger partial charge in [-0.05, 0) is 5.56 Å². The molecule has 1 atom stereocenters. The quantitative estimate of drug-likeness (QED) is 0.731. The molecule has 14 heavy (non-hydrogen) atoms. The van der Waals surface area contributed by atoms with Gasteiger partial charge in [0.05, 0.1) is 5.57 Å². The van der Waals surface area contributed by atoms with Crippen LogP contribution in [-0.4, -0.2) is 11.3 Å². The van der Waals surface area contributed by atoms with Crippen molar-refractivity contribution in [1.29, 1.82) is 0 Å². The number of hydrogen-bond acceptors (Lipinski definition) is 1. The minimum Gasteiger partial charge on any atom is -0.384 e. The van der Waals surface area contributed by atoms with E-state index in [1.54, 1.807) is 18.2 Å². The van der Waals surface area contributed by atoms with Gasteiger partial charge in [0, 0.05) is 0 Å². The Morgan fingerprint density at radius 2 is 1.71 bits per heavy atom. The first-order chi connectivity index (χ1) is 6.43. The second kappa shape index (κ2) is 3.84. The Balaban J connectivity index is 2.87. The van der Waals surface area contributed by atoms with Gasteiger partial charge in [0.15, 0.2) is 0 Å². The van der Waals surface area contributed by atoms with E-state index in [9.17, 15) is 18.3 Å². The van der Waals surface area contributed by atoms with E-state index in [-0.39, 0.29) is 5.56 Å². The van der Waals surface area contributed by atoms with Crippen LogP contribution in [0.5, 0.6) is 0 Å². The summed E-state index contributed by atoms with van der Waals surface area (Å²) in [6.07, 6.45) is -6.24. The fraction of sp³-hybridized carbons (Fsp3) is 0.200. The highest BCUT2D eigenvalue weighted by molar-refractivity contribution is 5.26. The molecule has 0 saturated carbocycles. The summed E-state index contributed by atoms with van der Waals surface area (Å²) in [4.78, 5) is 0. The number of rotatable bonds is 2. The molecule has 1 nitrogen and oxygen atoms in total. The van der Waals surface area contributed by atoms with Gasteiger partial charge < -0.3 is 5.11 Å². The van der Waals surface area contributed by atoms with Gasteiger partial charge in [-0.25, -0.2) is 0 Å². The largest absolute Gasteiger partial charge is 0.414 e. The number of aliphatic hydroxyl groups is 1. The maximum atomic E-state index is 12.1. The summed E-state index contributed by atoms with van der Waals surface area (Å²) in [5, 5.41) is 9.31. The number of hydrogen-bond donors (Lipinski definition) is 1. The lowest BCUT2D eigenvalue weighted by atomic mass is 10.0. The Morgan fingerprint density at radius 1 is 1.21 bits per heavy atom. The molecule has 0 aliphatic heterocycles. The molecule has 1 N–H and O–H groups in total. The summed E-state index contributed by atoms with van der Waals surface area (Å²) in [5.74, 6) is 0. The molecule has 1 aromatic carbocycles. The summed E-state index contributed by atoms with van der Waals surface area (Å²) in [6, 6.07) is 7.61. The Labute approximate surface area is 79.5 Å². The van der Waals surface area contributed by atoms with Crippen LogP contribution in [0.2, 0.25) is 0 Å². The molecule has 0 aromatic heterocycles. The molecule has 0 bridgehead atoms. The molecular weight excluding hydrogens is 193 g/mol. The first-order valence-corrected chi connectivity index (χ1v) is 3.92. The number of aliphatic hydroxyl groups excluding tert-OH is 1. The van der Waals surface area contributed by atoms with E-state index in [0.717, 1.165) is 0 Å². The zero-order chi connectivity index (χ0) is 10.8. The van der Waals surface area contributed by atoms with E-state index >= 15 is 0 Å². The van der Waals surface area contributed by atoms with E-state index in [1.807, 2.05) is 0 Å². The van der Waals surface area contributed by atoms with Crippen molar-refractivity contribution in [3.63, 3.8) is 0 Å². The zero-order valence-corrected chi connectivity index (χ0v) is 7.25. The van der Waals surface area contributed by atoms with Crippen LogP contribution in [0.3, 0.4) is 0 Å². The summed E-state index contributed by atoms with van der Waals surface area (Å²) in [6.45, 7) is 2.83. The van der Waals surface area contributed by atoms with E-state index < -0.39 is 17.9 Å². The topological polar surface area (TPSA) is 20.2 Å². The molecule has 0 aliphatic carbocycles. The van der Waals surface area contributed by atoms with E-state index in [4.69, 9.17) is 0 Å². The Bertz CT molecular complexity index is 316. The minimum absolute atomic E-state index is 0.190. The van der Waals surface area contributed by atoms with Gasteiger partial charge in [0.2, 0.25) is 0 Å². The molecule has 4 heteroatoms. The third-order valence-corrected chi connectivity index (χ3v) is 1.81. The second-order valence-electron chi connectivity index (χ2n) is 2.84. The SMILES string of the molecule is C=C([C@@H](O)c1ccccc1)C(F)(F)F. The van der Waals surface area contributed by atoms with Gasteiger partial charge in [-0.2, -0.15) is 13.2 Å². The fourth-order valence-corrected chi connectivity index (χ4v) is 0.992. The van der Waals surface area contributed by atoms with Crippen molar-refractivity contribution in [3.8, 4) is 0 Å². The Morgan fingerprint density at radius 3 is 2.14 bits per heavy atom. The van der Waals surface area contributed by atoms with E-state index in [1.165, 1.54) is 12.1 Å². The molecule has 0 heterocycles. The van der Waals surface area contributed by atoms with Crippen LogP contribution in [0.4, 0.5) is 13.2 Å². The van der Waals surface area contributed by atoms with Gasteiger partial charge in [0.1, 0.15) is 6.10 Å². The van der Waals surface area contributed by atoms with Crippen molar-refractivity contribution in [2.45, 2.75) is 12.3 Å². The van der Waals surface area contributed by atoms with Crippen LogP contribution in [0.25, 0.3) is 0 Å². The van der Waals surface area contributed by atoms with Crippen molar-refractivity contribution in [2.24, 2.45) is 0 Å². The maximum absolute atomic E-state index is 12.1. The highest BCUT2D eigenvalue weighted by Crippen LogP contribution is 2.33. The Kier molecular flexibility index (Phi) is 2.96. The molecule has 0 fully saturated rings. The zero-order valence-electron chi connectivity index (χ0n) is 7.25. The van der Waals surface area contributed by atoms with Gasteiger partial charge >= 0.3 is 6.18 Å². The highest BCUT2D eigenvalue weighted by atomic mass is 19.4. The summed E-state index contributed by atoms with van der Waals surface area (Å²) < 4.78 is 36.4. The fourth-order valence-electron chi connectivity index (χ4n) is 0.992. The number of benzene rings is 1. The smallest absolute Gasteiger partial charge is 0.384 e. The molecular formula is C10H9F3O. The highest BCUT2D eigenvalue weighted by Gasteiger charge is 2.36. The normalized spacial score (nSPS) is 13.7. The molecule has 0 spiro atoms. The van der Waals surface area contributed by atoms with Crippen LogP contribution >= 0.6 is 0 Å². The number of halogens is 3. The summed E-state index contributed by atoms with van der Waals surface area (Å²) in [7, 11) is 0. The van der Waals surface area contributed by atoms with Gasteiger partial charge in [-0.15, -0.1) is 0 Å². The van der Waals surface area contributed by atoms with Crippen LogP contribution in [0.1, 0.15) is 11.7 Å². The lowest BCUT2D eigenvalue weighted by Gasteiger charge is -2.16. The molecule has 0 radical (unpaired) electrons. The first-order valence-electron chi connectivity index (χ1n) is 3.92. The lowest BCUT2D eigenvalue weighted by molar-refractivity contribution is -0.105. The molecule has 1 aromatic rings. The Hall–Kier alpha value is -1.29. The van der Waals surface area contributed by atoms with Crippen LogP contribution in [0.15, 0.2) is 42.5 Å². The summed E-state index contributed by atoms with van der Waals surface area (Å²) >= 11 is 0. The van der Waals surface area contributed by atoms with Gasteiger partial charge in [0.25, 0.3) is 0 Å². The molecule has 0 amide bonds. The van der Waals surface area contributed by atoms with Crippen LogP contribution < -0.4 is 0 Å². The molecule has 76 valence electrons. The average Bonchev–Trinajstić information content (AvgIpc) is 2.15. The van der Waals surface area contributed by atoms with Gasteiger partial charge in [-0.1, -0.05) is 36.9 Å². The molecule has 0 unspecified atom stereocenters.